The van der Waals surface area contributed by atoms with Gasteiger partial charge in [0.1, 0.15) is 11.4 Å². The topological polar surface area (TPSA) is 65.2 Å². The van der Waals surface area contributed by atoms with Crippen LogP contribution in [0.15, 0.2) is 29.1 Å². The SMILES string of the molecule is CCN(CC)C(C)CNC(=O)c1cc2ccc(F)cc2[nH]c1=O. The van der Waals surface area contributed by atoms with E-state index in [0.29, 0.717) is 17.4 Å². The number of benzene rings is 1. The molecule has 1 amide bonds. The van der Waals surface area contributed by atoms with Crippen LogP contribution in [0.25, 0.3) is 10.9 Å². The number of likely N-dealkylation sites (N-methyl/N-ethyl adjacent to an activating group) is 1. The Labute approximate surface area is 134 Å². The van der Waals surface area contributed by atoms with Gasteiger partial charge < -0.3 is 10.3 Å². The molecule has 0 aliphatic carbocycles. The predicted octanol–water partition coefficient (Wildman–Crippen LogP) is 2.13. The number of carbonyl (C=O) groups is 1. The molecule has 23 heavy (non-hydrogen) atoms. The van der Waals surface area contributed by atoms with Gasteiger partial charge >= 0.3 is 0 Å². The Balaban J connectivity index is 2.16. The van der Waals surface area contributed by atoms with Gasteiger partial charge in [-0.05, 0) is 49.7 Å². The summed E-state index contributed by atoms with van der Waals surface area (Å²) >= 11 is 0. The van der Waals surface area contributed by atoms with Crippen LogP contribution in [0.3, 0.4) is 0 Å². The summed E-state index contributed by atoms with van der Waals surface area (Å²) in [6.07, 6.45) is 0. The molecule has 0 aliphatic heterocycles. The van der Waals surface area contributed by atoms with Crippen molar-refractivity contribution in [3.8, 4) is 0 Å². The van der Waals surface area contributed by atoms with Gasteiger partial charge in [-0.25, -0.2) is 4.39 Å². The number of nitrogens with one attached hydrogen (secondary N) is 2. The predicted molar refractivity (Wildman–Crippen MR) is 89.2 cm³/mol. The Morgan fingerprint density at radius 2 is 2.00 bits per heavy atom. The molecular formula is C17H22FN3O2. The third kappa shape index (κ3) is 3.96. The van der Waals surface area contributed by atoms with Crippen LogP contribution in [0, 0.1) is 5.82 Å². The average molecular weight is 319 g/mol. The van der Waals surface area contributed by atoms with Gasteiger partial charge in [0.05, 0.1) is 5.52 Å². The highest BCUT2D eigenvalue weighted by atomic mass is 19.1. The minimum absolute atomic E-state index is 0.0378. The lowest BCUT2D eigenvalue weighted by molar-refractivity contribution is 0.0936. The van der Waals surface area contributed by atoms with Crippen molar-refractivity contribution in [1.29, 1.82) is 0 Å². The quantitative estimate of drug-likeness (QED) is 0.857. The molecule has 0 fully saturated rings. The summed E-state index contributed by atoms with van der Waals surface area (Å²) in [6, 6.07) is 5.75. The fourth-order valence-corrected chi connectivity index (χ4v) is 2.65. The largest absolute Gasteiger partial charge is 0.350 e. The molecule has 0 bridgehead atoms. The van der Waals surface area contributed by atoms with E-state index >= 15 is 0 Å². The second kappa shape index (κ2) is 7.37. The van der Waals surface area contributed by atoms with Gasteiger partial charge in [-0.3, -0.25) is 14.5 Å². The Bertz CT molecular complexity index is 753. The second-order valence-electron chi connectivity index (χ2n) is 5.52. The van der Waals surface area contributed by atoms with Crippen LogP contribution in [0.5, 0.6) is 0 Å². The zero-order valence-electron chi connectivity index (χ0n) is 13.6. The first-order valence-electron chi connectivity index (χ1n) is 7.81. The van der Waals surface area contributed by atoms with Gasteiger partial charge in [0, 0.05) is 12.6 Å². The van der Waals surface area contributed by atoms with Crippen LogP contribution >= 0.6 is 0 Å². The number of halogens is 1. The Morgan fingerprint density at radius 1 is 1.30 bits per heavy atom. The van der Waals surface area contributed by atoms with E-state index in [9.17, 15) is 14.0 Å². The number of hydrogen-bond acceptors (Lipinski definition) is 3. The summed E-state index contributed by atoms with van der Waals surface area (Å²) in [5, 5.41) is 3.41. The number of nitrogens with zero attached hydrogens (tertiary/aromatic N) is 1. The summed E-state index contributed by atoms with van der Waals surface area (Å²) in [5.74, 6) is -0.852. The Kier molecular flexibility index (Phi) is 5.50. The van der Waals surface area contributed by atoms with Crippen LogP contribution in [0.1, 0.15) is 31.1 Å². The van der Waals surface area contributed by atoms with E-state index in [1.807, 2.05) is 6.92 Å². The van der Waals surface area contributed by atoms with Gasteiger partial charge in [0.15, 0.2) is 0 Å². The molecule has 1 unspecified atom stereocenters. The number of pyridine rings is 1. The highest BCUT2D eigenvalue weighted by molar-refractivity contribution is 5.97. The van der Waals surface area contributed by atoms with Gasteiger partial charge in [0.2, 0.25) is 0 Å². The van der Waals surface area contributed by atoms with E-state index in [2.05, 4.69) is 29.0 Å². The molecule has 2 aromatic rings. The second-order valence-corrected chi connectivity index (χ2v) is 5.52. The monoisotopic (exact) mass is 319 g/mol. The number of hydrogen-bond donors (Lipinski definition) is 2. The van der Waals surface area contributed by atoms with E-state index in [0.717, 1.165) is 13.1 Å². The molecule has 124 valence electrons. The lowest BCUT2D eigenvalue weighted by atomic mass is 10.1. The fourth-order valence-electron chi connectivity index (χ4n) is 2.65. The van der Waals surface area contributed by atoms with Crippen molar-refractivity contribution in [2.75, 3.05) is 19.6 Å². The molecule has 0 radical (unpaired) electrons. The van der Waals surface area contributed by atoms with Crippen molar-refractivity contribution < 1.29 is 9.18 Å². The summed E-state index contributed by atoms with van der Waals surface area (Å²) < 4.78 is 13.2. The van der Waals surface area contributed by atoms with E-state index in [-0.39, 0.29) is 11.6 Å². The number of H-pyrrole nitrogens is 1. The molecule has 0 aliphatic rings. The maximum Gasteiger partial charge on any atom is 0.261 e. The highest BCUT2D eigenvalue weighted by Gasteiger charge is 2.15. The van der Waals surface area contributed by atoms with Gasteiger partial charge in [-0.1, -0.05) is 13.8 Å². The molecule has 1 heterocycles. The van der Waals surface area contributed by atoms with E-state index < -0.39 is 17.3 Å². The molecule has 0 spiro atoms. The van der Waals surface area contributed by atoms with Crippen molar-refractivity contribution in [3.05, 3.63) is 46.0 Å². The van der Waals surface area contributed by atoms with Crippen molar-refractivity contribution in [1.82, 2.24) is 15.2 Å². The number of aromatic amines is 1. The van der Waals surface area contributed by atoms with Crippen LogP contribution in [0.4, 0.5) is 4.39 Å². The lowest BCUT2D eigenvalue weighted by Crippen LogP contribution is -2.42. The molecule has 5 nitrogen and oxygen atoms in total. The van der Waals surface area contributed by atoms with Crippen molar-refractivity contribution in [2.45, 2.75) is 26.8 Å². The Morgan fingerprint density at radius 3 is 2.65 bits per heavy atom. The maximum absolute atomic E-state index is 13.2. The lowest BCUT2D eigenvalue weighted by Gasteiger charge is -2.26. The number of rotatable bonds is 6. The number of carbonyl (C=O) groups excluding carboxylic acids is 1. The van der Waals surface area contributed by atoms with Crippen LogP contribution in [0.2, 0.25) is 0 Å². The number of amides is 1. The highest BCUT2D eigenvalue weighted by Crippen LogP contribution is 2.12. The zero-order chi connectivity index (χ0) is 17.0. The van der Waals surface area contributed by atoms with Crippen molar-refractivity contribution >= 4 is 16.8 Å². The van der Waals surface area contributed by atoms with Gasteiger partial charge in [-0.2, -0.15) is 0 Å². The fraction of sp³-hybridized carbons (Fsp3) is 0.412. The minimum atomic E-state index is -0.518. The molecule has 2 N–H and O–H groups in total. The van der Waals surface area contributed by atoms with Crippen molar-refractivity contribution in [3.63, 3.8) is 0 Å². The molecule has 0 saturated carbocycles. The van der Waals surface area contributed by atoms with Gasteiger partial charge in [0.25, 0.3) is 11.5 Å². The third-order valence-electron chi connectivity index (χ3n) is 4.05. The molecule has 6 heteroatoms. The standard InChI is InChI=1S/C17H22FN3O2/c1-4-21(5-2)11(3)10-19-16(22)14-8-12-6-7-13(18)9-15(12)20-17(14)23/h6-9,11H,4-5,10H2,1-3H3,(H,19,22)(H,20,23). The van der Waals surface area contributed by atoms with Crippen LogP contribution in [-0.4, -0.2) is 41.5 Å². The molecular weight excluding hydrogens is 297 g/mol. The maximum atomic E-state index is 13.2. The zero-order valence-corrected chi connectivity index (χ0v) is 13.6. The average Bonchev–Trinajstić information content (AvgIpc) is 2.53. The summed E-state index contributed by atoms with van der Waals surface area (Å²) in [5.41, 5.74) is -0.102. The normalized spacial score (nSPS) is 12.6. The molecule has 0 saturated heterocycles. The third-order valence-corrected chi connectivity index (χ3v) is 4.05. The first-order valence-corrected chi connectivity index (χ1v) is 7.81. The summed E-state index contributed by atoms with van der Waals surface area (Å²) in [7, 11) is 0. The first kappa shape index (κ1) is 17.1. The summed E-state index contributed by atoms with van der Waals surface area (Å²) in [6.45, 7) is 8.41. The molecule has 2 rings (SSSR count). The van der Waals surface area contributed by atoms with Crippen LogP contribution < -0.4 is 10.9 Å². The first-order chi connectivity index (χ1) is 11.0. The number of fused-ring (bicyclic) bond motifs is 1. The Hall–Kier alpha value is -2.21. The number of aromatic nitrogens is 1. The molecule has 1 atom stereocenters. The van der Waals surface area contributed by atoms with Gasteiger partial charge in [-0.15, -0.1) is 0 Å². The molecule has 1 aromatic carbocycles. The van der Waals surface area contributed by atoms with Crippen molar-refractivity contribution in [2.24, 2.45) is 0 Å². The van der Waals surface area contributed by atoms with Crippen LogP contribution in [-0.2, 0) is 0 Å². The smallest absolute Gasteiger partial charge is 0.261 e. The van der Waals surface area contributed by atoms with E-state index in [4.69, 9.17) is 0 Å². The van der Waals surface area contributed by atoms with E-state index in [1.54, 1.807) is 0 Å². The summed E-state index contributed by atoms with van der Waals surface area (Å²) in [4.78, 5) is 29.0. The molecule has 1 aromatic heterocycles. The van der Waals surface area contributed by atoms with E-state index in [1.165, 1.54) is 24.3 Å². The minimum Gasteiger partial charge on any atom is -0.350 e.